The van der Waals surface area contributed by atoms with Gasteiger partial charge in [-0.05, 0) is 43.5 Å². The lowest BCUT2D eigenvalue weighted by Crippen LogP contribution is -2.46. The van der Waals surface area contributed by atoms with Crippen LogP contribution in [0.25, 0.3) is 0 Å². The number of nitrogens with zero attached hydrogens (tertiary/aromatic N) is 2. The smallest absolute Gasteiger partial charge is 0.242 e. The molecular weight excluding hydrogens is 311 g/mol. The van der Waals surface area contributed by atoms with Crippen molar-refractivity contribution in [3.8, 4) is 5.75 Å². The second-order valence-electron chi connectivity index (χ2n) is 6.53. The summed E-state index contributed by atoms with van der Waals surface area (Å²) in [4.78, 5) is 27.5. The summed E-state index contributed by atoms with van der Waals surface area (Å²) in [6.45, 7) is 2.80. The summed E-state index contributed by atoms with van der Waals surface area (Å²) >= 11 is 0. The van der Waals surface area contributed by atoms with Crippen molar-refractivity contribution in [2.75, 3.05) is 32.8 Å². The summed E-state index contributed by atoms with van der Waals surface area (Å²) in [7, 11) is 0. The molecule has 0 aromatic heterocycles. The lowest BCUT2D eigenvalue weighted by Gasteiger charge is -2.33. The van der Waals surface area contributed by atoms with Crippen molar-refractivity contribution in [3.63, 3.8) is 0 Å². The van der Waals surface area contributed by atoms with E-state index in [2.05, 4.69) is 0 Å². The average molecular weight is 334 g/mol. The Morgan fingerprint density at radius 2 is 2.00 bits per heavy atom. The van der Waals surface area contributed by atoms with Gasteiger partial charge in [0.2, 0.25) is 11.8 Å². The van der Waals surface area contributed by atoms with Crippen molar-refractivity contribution >= 4 is 11.8 Å². The molecule has 2 saturated heterocycles. The quantitative estimate of drug-likeness (QED) is 0.828. The van der Waals surface area contributed by atoms with E-state index in [9.17, 15) is 14.0 Å². The van der Waals surface area contributed by atoms with Crippen molar-refractivity contribution in [2.24, 2.45) is 5.92 Å². The Balaban J connectivity index is 1.47. The number of hydrogen-bond donors (Lipinski definition) is 0. The SMILES string of the molecule is O=C1CCCN1CC(=O)N1CCC[C@H](COc2ccc(F)cc2)C1. The van der Waals surface area contributed by atoms with Crippen LogP contribution in [0.1, 0.15) is 25.7 Å². The fourth-order valence-corrected chi connectivity index (χ4v) is 3.31. The molecule has 5 nitrogen and oxygen atoms in total. The molecule has 0 saturated carbocycles. The van der Waals surface area contributed by atoms with Crippen LogP contribution in [-0.2, 0) is 9.59 Å². The van der Waals surface area contributed by atoms with Crippen molar-refractivity contribution in [3.05, 3.63) is 30.1 Å². The number of likely N-dealkylation sites (tertiary alicyclic amines) is 2. The highest BCUT2D eigenvalue weighted by Crippen LogP contribution is 2.20. The Morgan fingerprint density at radius 3 is 2.71 bits per heavy atom. The van der Waals surface area contributed by atoms with Gasteiger partial charge in [-0.2, -0.15) is 0 Å². The van der Waals surface area contributed by atoms with Gasteiger partial charge in [-0.25, -0.2) is 4.39 Å². The van der Waals surface area contributed by atoms with Gasteiger partial charge in [-0.1, -0.05) is 0 Å². The Kier molecular flexibility index (Phi) is 5.33. The molecule has 0 N–H and O–H groups in total. The minimum atomic E-state index is -0.284. The molecule has 130 valence electrons. The number of ether oxygens (including phenoxy) is 1. The minimum absolute atomic E-state index is 0.0248. The number of piperidine rings is 1. The van der Waals surface area contributed by atoms with E-state index in [1.165, 1.54) is 12.1 Å². The lowest BCUT2D eigenvalue weighted by atomic mass is 9.99. The highest BCUT2D eigenvalue weighted by Gasteiger charge is 2.28. The molecule has 3 rings (SSSR count). The van der Waals surface area contributed by atoms with Crippen LogP contribution in [-0.4, -0.2) is 54.4 Å². The van der Waals surface area contributed by atoms with Crippen LogP contribution in [0.4, 0.5) is 4.39 Å². The largest absolute Gasteiger partial charge is 0.493 e. The van der Waals surface area contributed by atoms with Crippen LogP contribution >= 0.6 is 0 Å². The Labute approximate surface area is 141 Å². The second-order valence-corrected chi connectivity index (χ2v) is 6.53. The highest BCUT2D eigenvalue weighted by atomic mass is 19.1. The standard InChI is InChI=1S/C18H23FN2O3/c19-15-5-7-16(8-6-15)24-13-14-3-1-9-20(11-14)18(23)12-21-10-2-4-17(21)22/h5-8,14H,1-4,9-13H2/t14-/m0/s1. The number of halogens is 1. The van der Waals surface area contributed by atoms with Gasteiger partial charge in [-0.15, -0.1) is 0 Å². The third kappa shape index (κ3) is 4.24. The number of hydrogen-bond acceptors (Lipinski definition) is 3. The van der Waals surface area contributed by atoms with Gasteiger partial charge in [0.05, 0.1) is 13.2 Å². The van der Waals surface area contributed by atoms with E-state index in [1.807, 2.05) is 4.90 Å². The molecule has 1 atom stereocenters. The average Bonchev–Trinajstić information content (AvgIpc) is 2.99. The van der Waals surface area contributed by atoms with Crippen LogP contribution in [0.3, 0.4) is 0 Å². The zero-order valence-electron chi connectivity index (χ0n) is 13.7. The molecule has 2 aliphatic rings. The van der Waals surface area contributed by atoms with Crippen molar-refractivity contribution in [1.29, 1.82) is 0 Å². The van der Waals surface area contributed by atoms with E-state index in [1.54, 1.807) is 17.0 Å². The number of rotatable bonds is 5. The van der Waals surface area contributed by atoms with E-state index < -0.39 is 0 Å². The molecule has 2 aliphatic heterocycles. The summed E-state index contributed by atoms with van der Waals surface area (Å²) in [6, 6.07) is 5.97. The maximum absolute atomic E-state index is 12.9. The fraction of sp³-hybridized carbons (Fsp3) is 0.556. The van der Waals surface area contributed by atoms with Crippen LogP contribution in [0.5, 0.6) is 5.75 Å². The van der Waals surface area contributed by atoms with Crippen molar-refractivity contribution in [1.82, 2.24) is 9.80 Å². The zero-order chi connectivity index (χ0) is 16.9. The second kappa shape index (κ2) is 7.64. The maximum Gasteiger partial charge on any atom is 0.242 e. The molecule has 0 unspecified atom stereocenters. The van der Waals surface area contributed by atoms with Gasteiger partial charge in [0.15, 0.2) is 0 Å². The molecule has 1 aromatic carbocycles. The Morgan fingerprint density at radius 1 is 1.21 bits per heavy atom. The number of amides is 2. The summed E-state index contributed by atoms with van der Waals surface area (Å²) in [5, 5.41) is 0. The van der Waals surface area contributed by atoms with Crippen LogP contribution < -0.4 is 4.74 Å². The predicted molar refractivity (Wildman–Crippen MR) is 87.0 cm³/mol. The molecule has 2 amide bonds. The molecule has 2 heterocycles. The first-order valence-electron chi connectivity index (χ1n) is 8.56. The topological polar surface area (TPSA) is 49.9 Å². The van der Waals surface area contributed by atoms with Gasteiger partial charge < -0.3 is 14.5 Å². The van der Waals surface area contributed by atoms with Crippen LogP contribution in [0, 0.1) is 11.7 Å². The van der Waals surface area contributed by atoms with E-state index in [0.717, 1.165) is 25.8 Å². The van der Waals surface area contributed by atoms with Crippen molar-refractivity contribution < 1.29 is 18.7 Å². The minimum Gasteiger partial charge on any atom is -0.493 e. The fourth-order valence-electron chi connectivity index (χ4n) is 3.31. The first-order chi connectivity index (χ1) is 11.6. The van der Waals surface area contributed by atoms with Gasteiger partial charge in [0.25, 0.3) is 0 Å². The van der Waals surface area contributed by atoms with E-state index >= 15 is 0 Å². The first-order valence-corrected chi connectivity index (χ1v) is 8.56. The molecule has 0 aliphatic carbocycles. The molecule has 0 radical (unpaired) electrons. The van der Waals surface area contributed by atoms with E-state index in [4.69, 9.17) is 4.74 Å². The third-order valence-corrected chi connectivity index (χ3v) is 4.67. The van der Waals surface area contributed by atoms with Gasteiger partial charge >= 0.3 is 0 Å². The third-order valence-electron chi connectivity index (χ3n) is 4.67. The highest BCUT2D eigenvalue weighted by molar-refractivity contribution is 5.85. The monoisotopic (exact) mass is 334 g/mol. The van der Waals surface area contributed by atoms with E-state index in [0.29, 0.717) is 31.9 Å². The molecular formula is C18H23FN2O3. The van der Waals surface area contributed by atoms with Crippen LogP contribution in [0.2, 0.25) is 0 Å². The van der Waals surface area contributed by atoms with Gasteiger partial charge in [0.1, 0.15) is 11.6 Å². The van der Waals surface area contributed by atoms with Crippen LogP contribution in [0.15, 0.2) is 24.3 Å². The molecule has 0 bridgehead atoms. The summed E-state index contributed by atoms with van der Waals surface area (Å²) in [5.41, 5.74) is 0. The molecule has 2 fully saturated rings. The van der Waals surface area contributed by atoms with Crippen molar-refractivity contribution in [2.45, 2.75) is 25.7 Å². The molecule has 0 spiro atoms. The predicted octanol–water partition coefficient (Wildman–Crippen LogP) is 2.07. The number of benzene rings is 1. The maximum atomic E-state index is 12.9. The van der Waals surface area contributed by atoms with E-state index in [-0.39, 0.29) is 30.1 Å². The summed E-state index contributed by atoms with van der Waals surface area (Å²) < 4.78 is 18.6. The Hall–Kier alpha value is -2.11. The lowest BCUT2D eigenvalue weighted by molar-refractivity contribution is -0.139. The number of carbonyl (C=O) groups is 2. The molecule has 6 heteroatoms. The molecule has 24 heavy (non-hydrogen) atoms. The zero-order valence-corrected chi connectivity index (χ0v) is 13.7. The summed E-state index contributed by atoms with van der Waals surface area (Å²) in [6.07, 6.45) is 3.35. The normalized spacial score (nSPS) is 21.2. The summed E-state index contributed by atoms with van der Waals surface area (Å²) in [5.74, 6) is 0.728. The number of carbonyl (C=O) groups excluding carboxylic acids is 2. The molecule has 1 aromatic rings. The van der Waals surface area contributed by atoms with Gasteiger partial charge in [-0.3, -0.25) is 9.59 Å². The van der Waals surface area contributed by atoms with Gasteiger partial charge in [0, 0.05) is 32.0 Å². The first kappa shape index (κ1) is 16.7. The Bertz CT molecular complexity index is 590.